The summed E-state index contributed by atoms with van der Waals surface area (Å²) in [4.78, 5) is 21.2. The number of aromatic hydroxyl groups is 2. The maximum Gasteiger partial charge on any atom is 0.363 e. The van der Waals surface area contributed by atoms with Crippen LogP contribution in [0.25, 0.3) is 11.5 Å². The average Bonchev–Trinajstić information content (AvgIpc) is 3.11. The smallest absolute Gasteiger partial charge is 0.363 e. The number of carbonyl (C=O) groups is 1. The van der Waals surface area contributed by atoms with Crippen molar-refractivity contribution in [3.63, 3.8) is 0 Å². The second-order valence-electron chi connectivity index (χ2n) is 4.96. The van der Waals surface area contributed by atoms with Gasteiger partial charge in [0.05, 0.1) is 17.1 Å². The molecule has 1 aromatic carbocycles. The lowest BCUT2D eigenvalue weighted by atomic mass is 10.1. The van der Waals surface area contributed by atoms with Gasteiger partial charge in [-0.2, -0.15) is 0 Å². The van der Waals surface area contributed by atoms with Gasteiger partial charge >= 0.3 is 5.97 Å². The summed E-state index contributed by atoms with van der Waals surface area (Å²) in [5.41, 5.74) is 1.57. The summed E-state index contributed by atoms with van der Waals surface area (Å²) in [5.74, 6) is -0.217. The van der Waals surface area contributed by atoms with Crippen LogP contribution in [0.2, 0.25) is 0 Å². The zero-order chi connectivity index (χ0) is 17.3. The molecule has 0 amide bonds. The molecule has 0 saturated carbocycles. The third kappa shape index (κ3) is 2.93. The molecule has 0 atom stereocenters. The predicted molar refractivity (Wildman–Crippen MR) is 84.9 cm³/mol. The van der Waals surface area contributed by atoms with E-state index in [4.69, 9.17) is 20.9 Å². The molecule has 3 rings (SSSR count). The van der Waals surface area contributed by atoms with Gasteiger partial charge in [-0.3, -0.25) is 0 Å². The third-order valence-electron chi connectivity index (χ3n) is 3.36. The average molecular weight is 349 g/mol. The molecule has 2 N–H and O–H groups in total. The number of hydrogen-bond acceptors (Lipinski definition) is 6. The second-order valence-corrected chi connectivity index (χ2v) is 5.22. The first kappa shape index (κ1) is 15.9. The van der Waals surface area contributed by atoms with Gasteiger partial charge < -0.3 is 19.5 Å². The van der Waals surface area contributed by atoms with Crippen molar-refractivity contribution in [2.75, 3.05) is 0 Å². The number of benzene rings is 1. The van der Waals surface area contributed by atoms with Crippen LogP contribution in [-0.4, -0.2) is 25.9 Å². The van der Waals surface area contributed by atoms with E-state index in [-0.39, 0.29) is 23.2 Å². The minimum atomic E-state index is -0.742. The van der Waals surface area contributed by atoms with Gasteiger partial charge in [-0.25, -0.2) is 9.78 Å². The molecule has 0 saturated heterocycles. The molecule has 0 aliphatic carbocycles. The molecule has 0 unspecified atom stereocenters. The molecule has 0 radical (unpaired) electrons. The lowest BCUT2D eigenvalue weighted by Crippen LogP contribution is -2.18. The quantitative estimate of drug-likeness (QED) is 0.703. The van der Waals surface area contributed by atoms with Gasteiger partial charge in [0.2, 0.25) is 17.7 Å². The Balaban J connectivity index is 1.80. The molecule has 0 fully saturated rings. The summed E-state index contributed by atoms with van der Waals surface area (Å²) in [7, 11) is 0. The Morgan fingerprint density at radius 1 is 1.21 bits per heavy atom. The summed E-state index contributed by atoms with van der Waals surface area (Å²) in [6, 6.07) is 8.74. The van der Waals surface area contributed by atoms with Gasteiger partial charge in [0.1, 0.15) is 5.76 Å². The number of hydrogen-bond donors (Lipinski definition) is 2. The molecule has 8 heteroatoms. The fourth-order valence-corrected chi connectivity index (χ4v) is 2.30. The van der Waals surface area contributed by atoms with Crippen LogP contribution in [0, 0.1) is 6.92 Å². The molecular formula is C16H13ClN2O5. The van der Waals surface area contributed by atoms with Crippen LogP contribution in [0.15, 0.2) is 40.8 Å². The monoisotopic (exact) mass is 348 g/mol. The second kappa shape index (κ2) is 6.29. The number of nitrogens with zero attached hydrogens (tertiary/aromatic N) is 2. The van der Waals surface area contributed by atoms with E-state index in [0.29, 0.717) is 27.6 Å². The standard InChI is InChI=1S/C16H13ClN2O5/c1-9-12(8-17)18-15(23-9)10-2-4-11(5-3-10)16(22)24-19-13(20)6-7-14(19)21/h2-7,20-21H,8H2,1H3. The van der Waals surface area contributed by atoms with E-state index in [9.17, 15) is 15.0 Å². The Kier molecular flexibility index (Phi) is 4.18. The lowest BCUT2D eigenvalue weighted by molar-refractivity contribution is 0.0382. The molecule has 2 heterocycles. The van der Waals surface area contributed by atoms with E-state index in [1.807, 2.05) is 0 Å². The summed E-state index contributed by atoms with van der Waals surface area (Å²) >= 11 is 5.77. The highest BCUT2D eigenvalue weighted by Gasteiger charge is 2.15. The molecule has 124 valence electrons. The van der Waals surface area contributed by atoms with Crippen molar-refractivity contribution in [2.45, 2.75) is 12.8 Å². The molecule has 7 nitrogen and oxygen atoms in total. The number of halogens is 1. The fourth-order valence-electron chi connectivity index (χ4n) is 2.06. The van der Waals surface area contributed by atoms with E-state index in [1.165, 1.54) is 24.3 Å². The first-order valence-electron chi connectivity index (χ1n) is 6.94. The van der Waals surface area contributed by atoms with E-state index in [2.05, 4.69) is 4.98 Å². The fraction of sp³-hybridized carbons (Fsp3) is 0.125. The highest BCUT2D eigenvalue weighted by atomic mass is 35.5. The SMILES string of the molecule is Cc1oc(-c2ccc(C(=O)On3c(O)ccc3O)cc2)nc1CCl. The minimum Gasteiger partial charge on any atom is -0.492 e. The summed E-state index contributed by atoms with van der Waals surface area (Å²) in [5, 5.41) is 18.9. The molecular weight excluding hydrogens is 336 g/mol. The normalized spacial score (nSPS) is 10.8. The molecule has 0 spiro atoms. The zero-order valence-electron chi connectivity index (χ0n) is 12.6. The van der Waals surface area contributed by atoms with Gasteiger partial charge in [0, 0.05) is 17.7 Å². The van der Waals surface area contributed by atoms with E-state index < -0.39 is 5.97 Å². The molecule has 0 aliphatic rings. The first-order valence-corrected chi connectivity index (χ1v) is 7.48. The van der Waals surface area contributed by atoms with Crippen LogP contribution in [0.3, 0.4) is 0 Å². The number of aryl methyl sites for hydroxylation is 1. The largest absolute Gasteiger partial charge is 0.492 e. The maximum atomic E-state index is 12.0. The number of carbonyl (C=O) groups excluding carboxylic acids is 1. The number of aromatic nitrogens is 2. The number of alkyl halides is 1. The van der Waals surface area contributed by atoms with Gasteiger partial charge in [0.25, 0.3) is 0 Å². The minimum absolute atomic E-state index is 0.229. The van der Waals surface area contributed by atoms with Gasteiger partial charge in [-0.05, 0) is 31.2 Å². The number of rotatable bonds is 4. The van der Waals surface area contributed by atoms with Gasteiger partial charge in [-0.15, -0.1) is 16.3 Å². The maximum absolute atomic E-state index is 12.0. The van der Waals surface area contributed by atoms with Crippen molar-refractivity contribution < 1.29 is 24.3 Å². The van der Waals surface area contributed by atoms with E-state index in [0.717, 1.165) is 0 Å². The zero-order valence-corrected chi connectivity index (χ0v) is 13.3. The van der Waals surface area contributed by atoms with Gasteiger partial charge in [0.15, 0.2) is 0 Å². The van der Waals surface area contributed by atoms with Crippen molar-refractivity contribution in [3.05, 3.63) is 53.4 Å². The van der Waals surface area contributed by atoms with E-state index in [1.54, 1.807) is 19.1 Å². The van der Waals surface area contributed by atoms with Crippen LogP contribution in [0.4, 0.5) is 0 Å². The van der Waals surface area contributed by atoms with Crippen molar-refractivity contribution >= 4 is 17.6 Å². The molecule has 2 aromatic heterocycles. The highest BCUT2D eigenvalue weighted by molar-refractivity contribution is 6.17. The molecule has 0 aliphatic heterocycles. The Bertz CT molecular complexity index is 863. The van der Waals surface area contributed by atoms with Crippen molar-refractivity contribution in [1.82, 2.24) is 9.71 Å². The predicted octanol–water partition coefficient (Wildman–Crippen LogP) is 2.87. The number of oxazole rings is 1. The molecule has 3 aromatic rings. The van der Waals surface area contributed by atoms with Crippen molar-refractivity contribution in [1.29, 1.82) is 0 Å². The van der Waals surface area contributed by atoms with Crippen LogP contribution < -0.4 is 4.84 Å². The lowest BCUT2D eigenvalue weighted by Gasteiger charge is -2.07. The van der Waals surface area contributed by atoms with Crippen LogP contribution >= 0.6 is 11.6 Å². The van der Waals surface area contributed by atoms with E-state index >= 15 is 0 Å². The molecule has 24 heavy (non-hydrogen) atoms. The van der Waals surface area contributed by atoms with Crippen molar-refractivity contribution in [2.24, 2.45) is 0 Å². The highest BCUT2D eigenvalue weighted by Crippen LogP contribution is 2.23. The van der Waals surface area contributed by atoms with Crippen molar-refractivity contribution in [3.8, 4) is 23.2 Å². The summed E-state index contributed by atoms with van der Waals surface area (Å²) < 4.78 is 6.15. The third-order valence-corrected chi connectivity index (χ3v) is 3.61. The Labute approximate surface area is 141 Å². The summed E-state index contributed by atoms with van der Waals surface area (Å²) in [6.45, 7) is 1.77. The molecule has 0 bridgehead atoms. The van der Waals surface area contributed by atoms with Crippen LogP contribution in [-0.2, 0) is 5.88 Å². The summed E-state index contributed by atoms with van der Waals surface area (Å²) in [6.07, 6.45) is 0. The van der Waals surface area contributed by atoms with Crippen LogP contribution in [0.5, 0.6) is 11.8 Å². The Morgan fingerprint density at radius 2 is 1.83 bits per heavy atom. The Hall–Kier alpha value is -2.93. The first-order chi connectivity index (χ1) is 11.5. The topological polar surface area (TPSA) is 97.7 Å². The van der Waals surface area contributed by atoms with Gasteiger partial charge in [-0.1, -0.05) is 0 Å². The Morgan fingerprint density at radius 3 is 2.38 bits per heavy atom. The van der Waals surface area contributed by atoms with Crippen LogP contribution in [0.1, 0.15) is 21.8 Å².